The predicted molar refractivity (Wildman–Crippen MR) is 110 cm³/mol. The molecule has 148 valence electrons. The van der Waals surface area contributed by atoms with Crippen LogP contribution in [-0.2, 0) is 14.2 Å². The van der Waals surface area contributed by atoms with E-state index in [2.05, 4.69) is 34.9 Å². The van der Waals surface area contributed by atoms with E-state index in [0.29, 0.717) is 11.8 Å². The van der Waals surface area contributed by atoms with Crippen molar-refractivity contribution < 1.29 is 14.2 Å². The van der Waals surface area contributed by atoms with E-state index in [1.807, 2.05) is 18.8 Å². The van der Waals surface area contributed by atoms with Crippen molar-refractivity contribution in [2.75, 3.05) is 45.9 Å². The highest BCUT2D eigenvalue weighted by Crippen LogP contribution is 2.50. The molecule has 1 saturated heterocycles. The molecule has 0 N–H and O–H groups in total. The van der Waals surface area contributed by atoms with E-state index in [4.69, 9.17) is 14.2 Å². The Bertz CT molecular complexity index is 474. The third-order valence-corrected chi connectivity index (χ3v) is 6.79. The van der Waals surface area contributed by atoms with Gasteiger partial charge in [-0.2, -0.15) is 11.8 Å². The Morgan fingerprint density at radius 2 is 1.54 bits per heavy atom. The Kier molecular flexibility index (Phi) is 9.48. The number of ether oxygens (including phenoxy) is 3. The molecule has 3 atom stereocenters. The van der Waals surface area contributed by atoms with Gasteiger partial charge >= 0.3 is 0 Å². The second-order valence-electron chi connectivity index (χ2n) is 7.11. The lowest BCUT2D eigenvalue weighted by Gasteiger charge is -2.48. The largest absolute Gasteiger partial charge is 0.505 e. The fraction of sp³-hybridized carbons (Fsp3) is 0.714. The lowest BCUT2D eigenvalue weighted by Crippen LogP contribution is -2.54. The molecule has 0 spiro atoms. The average Bonchev–Trinajstić information content (AvgIpc) is 3.02. The average molecular weight is 382 g/mol. The molecule has 0 bridgehead atoms. The van der Waals surface area contributed by atoms with Gasteiger partial charge < -0.3 is 14.2 Å². The molecular formula is C21H35NO3S. The van der Waals surface area contributed by atoms with Gasteiger partial charge in [-0.3, -0.25) is 4.90 Å². The summed E-state index contributed by atoms with van der Waals surface area (Å²) in [5.41, 5.74) is 0.222. The molecule has 0 aromatic heterocycles. The fourth-order valence-electron chi connectivity index (χ4n) is 4.71. The number of nitrogens with zero attached hydrogens (tertiary/aromatic N) is 1. The molecule has 3 unspecified atom stereocenters. The van der Waals surface area contributed by atoms with E-state index in [9.17, 15) is 0 Å². The van der Waals surface area contributed by atoms with Crippen molar-refractivity contribution in [1.29, 1.82) is 0 Å². The maximum absolute atomic E-state index is 5.21. The Morgan fingerprint density at radius 3 is 2.19 bits per heavy atom. The molecule has 0 aromatic carbocycles. The third-order valence-electron chi connectivity index (χ3n) is 5.85. The Balaban J connectivity index is 2.25. The Morgan fingerprint density at radius 1 is 0.923 bits per heavy atom. The quantitative estimate of drug-likeness (QED) is 0.522. The van der Waals surface area contributed by atoms with Gasteiger partial charge in [0.25, 0.3) is 0 Å². The SMILES string of the molecule is COC=CCC1CCC(CC=COC)(N2CCSCC2)C1CC=COC. The summed E-state index contributed by atoms with van der Waals surface area (Å²) < 4.78 is 15.5. The van der Waals surface area contributed by atoms with Crippen molar-refractivity contribution in [2.24, 2.45) is 11.8 Å². The van der Waals surface area contributed by atoms with Crippen molar-refractivity contribution in [1.82, 2.24) is 4.90 Å². The van der Waals surface area contributed by atoms with E-state index in [1.165, 1.54) is 37.4 Å². The second-order valence-corrected chi connectivity index (χ2v) is 8.33. The first-order chi connectivity index (χ1) is 12.8. The van der Waals surface area contributed by atoms with Crippen LogP contribution in [0.15, 0.2) is 37.0 Å². The molecule has 1 heterocycles. The maximum Gasteiger partial charge on any atom is 0.0785 e. The van der Waals surface area contributed by atoms with E-state index in [-0.39, 0.29) is 5.54 Å². The van der Waals surface area contributed by atoms with Crippen molar-refractivity contribution >= 4 is 11.8 Å². The van der Waals surface area contributed by atoms with Crippen LogP contribution in [0, 0.1) is 11.8 Å². The van der Waals surface area contributed by atoms with Crippen molar-refractivity contribution in [2.45, 2.75) is 37.6 Å². The third kappa shape index (κ3) is 5.46. The van der Waals surface area contributed by atoms with Crippen molar-refractivity contribution in [3.05, 3.63) is 37.0 Å². The summed E-state index contributed by atoms with van der Waals surface area (Å²) in [6.07, 6.45) is 17.8. The van der Waals surface area contributed by atoms with Gasteiger partial charge in [-0.1, -0.05) is 0 Å². The molecule has 1 aliphatic carbocycles. The van der Waals surface area contributed by atoms with Gasteiger partial charge in [0.1, 0.15) is 0 Å². The minimum atomic E-state index is 0.222. The summed E-state index contributed by atoms with van der Waals surface area (Å²) in [6.45, 7) is 2.38. The minimum absolute atomic E-state index is 0.222. The predicted octanol–water partition coefficient (Wildman–Crippen LogP) is 4.45. The van der Waals surface area contributed by atoms with Crippen LogP contribution in [-0.4, -0.2) is 56.4 Å². The zero-order valence-electron chi connectivity index (χ0n) is 16.6. The summed E-state index contributed by atoms with van der Waals surface area (Å²) in [5, 5.41) is 0. The molecule has 5 heteroatoms. The molecular weight excluding hydrogens is 346 g/mol. The molecule has 26 heavy (non-hydrogen) atoms. The number of rotatable bonds is 10. The van der Waals surface area contributed by atoms with Crippen molar-refractivity contribution in [3.63, 3.8) is 0 Å². The van der Waals surface area contributed by atoms with Crippen LogP contribution in [0.1, 0.15) is 32.1 Å². The monoisotopic (exact) mass is 381 g/mol. The zero-order chi connectivity index (χ0) is 18.7. The lowest BCUT2D eigenvalue weighted by molar-refractivity contribution is 0.0507. The number of allylic oxidation sites excluding steroid dienone is 2. The molecule has 2 aliphatic rings. The molecule has 2 rings (SSSR count). The topological polar surface area (TPSA) is 30.9 Å². The van der Waals surface area contributed by atoms with E-state index in [0.717, 1.165) is 19.3 Å². The molecule has 1 aliphatic heterocycles. The molecule has 1 saturated carbocycles. The molecule has 2 fully saturated rings. The minimum Gasteiger partial charge on any atom is -0.505 e. The smallest absolute Gasteiger partial charge is 0.0785 e. The first kappa shape index (κ1) is 21.2. The van der Waals surface area contributed by atoms with Crippen LogP contribution in [0.5, 0.6) is 0 Å². The van der Waals surface area contributed by atoms with Crippen LogP contribution >= 0.6 is 11.8 Å². The Labute approximate surface area is 163 Å². The van der Waals surface area contributed by atoms with Crippen LogP contribution in [0.4, 0.5) is 0 Å². The fourth-order valence-corrected chi connectivity index (χ4v) is 5.61. The standard InChI is InChI=1S/C21H35NO3S/c1-23-14-4-7-19-9-11-21(10-6-16-25-3,20(19)8-5-15-24-2)22-12-17-26-18-13-22/h4-6,14-16,19-20H,7-13,17-18H2,1-3H3. The lowest BCUT2D eigenvalue weighted by atomic mass is 9.76. The summed E-state index contributed by atoms with van der Waals surface area (Å²) in [4.78, 5) is 2.77. The highest BCUT2D eigenvalue weighted by molar-refractivity contribution is 7.99. The Hall–Kier alpha value is -1.07. The molecule has 4 nitrogen and oxygen atoms in total. The number of hydrogen-bond donors (Lipinski definition) is 0. The second kappa shape index (κ2) is 11.6. The number of hydrogen-bond acceptors (Lipinski definition) is 5. The van der Waals surface area contributed by atoms with E-state index >= 15 is 0 Å². The van der Waals surface area contributed by atoms with Gasteiger partial charge in [0, 0.05) is 30.1 Å². The summed E-state index contributed by atoms with van der Waals surface area (Å²) in [6, 6.07) is 0. The normalized spacial score (nSPS) is 30.6. The van der Waals surface area contributed by atoms with Gasteiger partial charge in [0.15, 0.2) is 0 Å². The highest BCUT2D eigenvalue weighted by Gasteiger charge is 2.50. The maximum atomic E-state index is 5.21. The van der Waals surface area contributed by atoms with Crippen molar-refractivity contribution in [3.8, 4) is 0 Å². The molecule has 0 amide bonds. The van der Waals surface area contributed by atoms with Gasteiger partial charge in [-0.25, -0.2) is 0 Å². The van der Waals surface area contributed by atoms with Gasteiger partial charge in [-0.15, -0.1) is 0 Å². The first-order valence-electron chi connectivity index (χ1n) is 9.64. The number of thioether (sulfide) groups is 1. The summed E-state index contributed by atoms with van der Waals surface area (Å²) >= 11 is 2.08. The highest BCUT2D eigenvalue weighted by atomic mass is 32.2. The van der Waals surface area contributed by atoms with Crippen LogP contribution < -0.4 is 0 Å². The zero-order valence-corrected chi connectivity index (χ0v) is 17.4. The molecule has 0 radical (unpaired) electrons. The summed E-state index contributed by atoms with van der Waals surface area (Å²) in [7, 11) is 5.17. The first-order valence-corrected chi connectivity index (χ1v) is 10.8. The van der Waals surface area contributed by atoms with Crippen LogP contribution in [0.2, 0.25) is 0 Å². The number of methoxy groups -OCH3 is 3. The van der Waals surface area contributed by atoms with Crippen LogP contribution in [0.25, 0.3) is 0 Å². The van der Waals surface area contributed by atoms with Gasteiger partial charge in [0.2, 0.25) is 0 Å². The van der Waals surface area contributed by atoms with Gasteiger partial charge in [-0.05, 0) is 62.2 Å². The van der Waals surface area contributed by atoms with E-state index in [1.54, 1.807) is 21.3 Å². The molecule has 0 aromatic rings. The van der Waals surface area contributed by atoms with Crippen LogP contribution in [0.3, 0.4) is 0 Å². The summed E-state index contributed by atoms with van der Waals surface area (Å²) in [5.74, 6) is 3.77. The van der Waals surface area contributed by atoms with E-state index < -0.39 is 0 Å². The van der Waals surface area contributed by atoms with Gasteiger partial charge in [0.05, 0.1) is 40.1 Å².